The number of nitro groups is 1. The Hall–Kier alpha value is -1.96. The second kappa shape index (κ2) is 6.47. The lowest BCUT2D eigenvalue weighted by molar-refractivity contribution is -0.392. The molecule has 0 amide bonds. The Morgan fingerprint density at radius 3 is 2.70 bits per heavy atom. The molecular weight excluding hydrogens is 266 g/mol. The molecule has 0 saturated carbocycles. The summed E-state index contributed by atoms with van der Waals surface area (Å²) >= 11 is 0. The van der Waals surface area contributed by atoms with Gasteiger partial charge in [0.2, 0.25) is 5.82 Å². The first-order valence-corrected chi connectivity index (χ1v) is 6.26. The molecule has 8 nitrogen and oxygen atoms in total. The first-order chi connectivity index (χ1) is 9.24. The normalized spacial score (nSPS) is 11.4. The van der Waals surface area contributed by atoms with Crippen LogP contribution in [0.25, 0.3) is 0 Å². The fourth-order valence-corrected chi connectivity index (χ4v) is 1.69. The van der Waals surface area contributed by atoms with Gasteiger partial charge < -0.3 is 20.0 Å². The molecule has 112 valence electrons. The van der Waals surface area contributed by atoms with E-state index in [1.807, 2.05) is 0 Å². The number of hydrogen-bond acceptors (Lipinski definition) is 6. The Balaban J connectivity index is 2.60. The van der Waals surface area contributed by atoms with E-state index in [4.69, 9.17) is 9.84 Å². The smallest absolute Gasteiger partial charge is 0.342 e. The van der Waals surface area contributed by atoms with Crippen molar-refractivity contribution in [2.45, 2.75) is 52.4 Å². The van der Waals surface area contributed by atoms with E-state index in [-0.39, 0.29) is 37.2 Å². The van der Waals surface area contributed by atoms with Gasteiger partial charge in [0, 0.05) is 6.42 Å². The fraction of sp³-hybridized carbons (Fsp3) is 0.667. The summed E-state index contributed by atoms with van der Waals surface area (Å²) in [7, 11) is 0. The SMILES string of the molecule is CC(C)(C)OC(=O)CCCn1c([N+](=O)[O-])cnc1CO. The molecule has 1 N–H and O–H groups in total. The summed E-state index contributed by atoms with van der Waals surface area (Å²) in [5.41, 5.74) is -0.547. The lowest BCUT2D eigenvalue weighted by Gasteiger charge is -2.19. The summed E-state index contributed by atoms with van der Waals surface area (Å²) in [6, 6.07) is 0. The number of hydrogen-bond donors (Lipinski definition) is 1. The minimum Gasteiger partial charge on any atom is -0.460 e. The van der Waals surface area contributed by atoms with Gasteiger partial charge >= 0.3 is 11.8 Å². The molecule has 0 unspecified atom stereocenters. The minimum absolute atomic E-state index is 0.150. The van der Waals surface area contributed by atoms with Crippen molar-refractivity contribution in [2.24, 2.45) is 0 Å². The van der Waals surface area contributed by atoms with Gasteiger partial charge in [-0.3, -0.25) is 4.79 Å². The molecule has 8 heteroatoms. The molecule has 0 fully saturated rings. The molecule has 1 rings (SSSR count). The number of aliphatic hydroxyl groups excluding tert-OH is 1. The van der Waals surface area contributed by atoms with E-state index < -0.39 is 10.5 Å². The van der Waals surface area contributed by atoms with Crippen molar-refractivity contribution in [1.82, 2.24) is 9.55 Å². The fourth-order valence-electron chi connectivity index (χ4n) is 1.69. The quantitative estimate of drug-likeness (QED) is 0.481. The maximum absolute atomic E-state index is 11.5. The molecule has 0 spiro atoms. The number of aliphatic hydroxyl groups is 1. The van der Waals surface area contributed by atoms with Gasteiger partial charge in [0.25, 0.3) is 0 Å². The van der Waals surface area contributed by atoms with Gasteiger partial charge in [-0.25, -0.2) is 9.55 Å². The van der Waals surface area contributed by atoms with E-state index in [0.29, 0.717) is 6.42 Å². The molecule has 0 aliphatic carbocycles. The summed E-state index contributed by atoms with van der Waals surface area (Å²) < 4.78 is 6.44. The molecule has 0 aliphatic heterocycles. The lowest BCUT2D eigenvalue weighted by Crippen LogP contribution is -2.24. The Bertz CT molecular complexity index is 490. The van der Waals surface area contributed by atoms with Crippen LogP contribution in [-0.2, 0) is 22.7 Å². The zero-order valence-corrected chi connectivity index (χ0v) is 11.8. The van der Waals surface area contributed by atoms with Crippen LogP contribution >= 0.6 is 0 Å². The van der Waals surface area contributed by atoms with Gasteiger partial charge in [-0.15, -0.1) is 0 Å². The summed E-state index contributed by atoms with van der Waals surface area (Å²) in [6.07, 6.45) is 1.62. The second-order valence-electron chi connectivity index (χ2n) is 5.29. The molecule has 0 bridgehead atoms. The molecular formula is C12H19N3O5. The van der Waals surface area contributed by atoms with Crippen molar-refractivity contribution in [2.75, 3.05) is 0 Å². The third-order valence-corrected chi connectivity index (χ3v) is 2.43. The van der Waals surface area contributed by atoms with E-state index in [1.165, 1.54) is 4.57 Å². The van der Waals surface area contributed by atoms with Crippen LogP contribution < -0.4 is 0 Å². The van der Waals surface area contributed by atoms with Gasteiger partial charge in [-0.2, -0.15) is 0 Å². The van der Waals surface area contributed by atoms with Crippen LogP contribution in [0.1, 0.15) is 39.4 Å². The van der Waals surface area contributed by atoms with Crippen LogP contribution in [0.3, 0.4) is 0 Å². The van der Waals surface area contributed by atoms with Crippen molar-refractivity contribution < 1.29 is 19.6 Å². The Labute approximate surface area is 116 Å². The van der Waals surface area contributed by atoms with Crippen molar-refractivity contribution in [1.29, 1.82) is 0 Å². The number of esters is 1. The highest BCUT2D eigenvalue weighted by molar-refractivity contribution is 5.69. The van der Waals surface area contributed by atoms with Crippen molar-refractivity contribution in [3.05, 3.63) is 22.1 Å². The zero-order valence-electron chi connectivity index (χ0n) is 11.8. The number of carbonyl (C=O) groups is 1. The molecule has 0 atom stereocenters. The Morgan fingerprint density at radius 2 is 2.20 bits per heavy atom. The van der Waals surface area contributed by atoms with E-state index in [2.05, 4.69) is 4.98 Å². The van der Waals surface area contributed by atoms with Crippen molar-refractivity contribution in [3.63, 3.8) is 0 Å². The number of ether oxygens (including phenoxy) is 1. The third kappa shape index (κ3) is 4.61. The van der Waals surface area contributed by atoms with Gasteiger partial charge in [0.15, 0.2) is 0 Å². The van der Waals surface area contributed by atoms with E-state index in [0.717, 1.165) is 6.20 Å². The van der Waals surface area contributed by atoms with Crippen molar-refractivity contribution in [3.8, 4) is 0 Å². The van der Waals surface area contributed by atoms with E-state index in [1.54, 1.807) is 20.8 Å². The van der Waals surface area contributed by atoms with E-state index in [9.17, 15) is 14.9 Å². The number of carbonyl (C=O) groups excluding carboxylic acids is 1. The number of imidazole rings is 1. The van der Waals surface area contributed by atoms with Crippen LogP contribution in [0.15, 0.2) is 6.20 Å². The maximum atomic E-state index is 11.5. The van der Waals surface area contributed by atoms with Gasteiger partial charge in [-0.1, -0.05) is 0 Å². The molecule has 1 aromatic rings. The van der Waals surface area contributed by atoms with Gasteiger partial charge in [0.1, 0.15) is 18.4 Å². The molecule has 20 heavy (non-hydrogen) atoms. The first kappa shape index (κ1) is 16.1. The van der Waals surface area contributed by atoms with Crippen LogP contribution in [0, 0.1) is 10.1 Å². The highest BCUT2D eigenvalue weighted by Gasteiger charge is 2.20. The summed E-state index contributed by atoms with van der Waals surface area (Å²) in [5.74, 6) is -0.343. The monoisotopic (exact) mass is 285 g/mol. The van der Waals surface area contributed by atoms with E-state index >= 15 is 0 Å². The predicted octanol–water partition coefficient (Wildman–Crippen LogP) is 1.41. The maximum Gasteiger partial charge on any atom is 0.342 e. The molecule has 0 radical (unpaired) electrons. The summed E-state index contributed by atoms with van der Waals surface area (Å²) in [6.45, 7) is 5.16. The highest BCUT2D eigenvalue weighted by atomic mass is 16.6. The Kier molecular flexibility index (Phi) is 5.20. The third-order valence-electron chi connectivity index (χ3n) is 2.43. The highest BCUT2D eigenvalue weighted by Crippen LogP contribution is 2.16. The van der Waals surface area contributed by atoms with Crippen LogP contribution in [-0.4, -0.2) is 31.2 Å². The largest absolute Gasteiger partial charge is 0.460 e. The van der Waals surface area contributed by atoms with Crippen LogP contribution in [0.2, 0.25) is 0 Å². The minimum atomic E-state index is -0.570. The molecule has 1 heterocycles. The summed E-state index contributed by atoms with van der Waals surface area (Å²) in [5, 5.41) is 19.9. The number of aromatic nitrogens is 2. The molecule has 1 aromatic heterocycles. The van der Waals surface area contributed by atoms with Crippen LogP contribution in [0.5, 0.6) is 0 Å². The molecule has 0 saturated heterocycles. The number of nitrogens with zero attached hydrogens (tertiary/aromatic N) is 3. The average molecular weight is 285 g/mol. The predicted molar refractivity (Wildman–Crippen MR) is 69.9 cm³/mol. The lowest BCUT2D eigenvalue weighted by atomic mass is 10.2. The number of rotatable bonds is 6. The van der Waals surface area contributed by atoms with Crippen molar-refractivity contribution >= 4 is 11.8 Å². The first-order valence-electron chi connectivity index (χ1n) is 6.26. The summed E-state index contributed by atoms with van der Waals surface area (Å²) in [4.78, 5) is 25.5. The van der Waals surface area contributed by atoms with Gasteiger partial charge in [0.05, 0.1) is 6.54 Å². The Morgan fingerprint density at radius 1 is 1.55 bits per heavy atom. The molecule has 0 aromatic carbocycles. The zero-order chi connectivity index (χ0) is 15.3. The topological polar surface area (TPSA) is 107 Å². The standard InChI is InChI=1S/C12H19N3O5/c1-12(2,3)20-11(17)5-4-6-14-9(8-16)13-7-10(14)15(18)19/h7,16H,4-6,8H2,1-3H3. The van der Waals surface area contributed by atoms with Gasteiger partial charge in [-0.05, 0) is 32.1 Å². The molecule has 0 aliphatic rings. The average Bonchev–Trinajstić information content (AvgIpc) is 2.69. The second-order valence-corrected chi connectivity index (χ2v) is 5.29. The van der Waals surface area contributed by atoms with Crippen LogP contribution in [0.4, 0.5) is 5.82 Å².